The molecular formula is C14H23NO4. The number of amides is 2. The summed E-state index contributed by atoms with van der Waals surface area (Å²) in [5.41, 5.74) is 0. The number of rotatable bonds is 7. The molecule has 108 valence electrons. The van der Waals surface area contributed by atoms with Crippen LogP contribution in [-0.4, -0.2) is 35.8 Å². The van der Waals surface area contributed by atoms with Crippen molar-refractivity contribution in [2.24, 2.45) is 11.8 Å². The molecule has 0 aromatic carbocycles. The van der Waals surface area contributed by atoms with E-state index >= 15 is 0 Å². The van der Waals surface area contributed by atoms with E-state index in [0.717, 1.165) is 12.8 Å². The fourth-order valence-electron chi connectivity index (χ4n) is 2.07. The maximum atomic E-state index is 11.9. The second-order valence-corrected chi connectivity index (χ2v) is 5.11. The molecule has 0 bridgehead atoms. The van der Waals surface area contributed by atoms with Crippen molar-refractivity contribution in [1.29, 1.82) is 0 Å². The summed E-state index contributed by atoms with van der Waals surface area (Å²) in [4.78, 5) is 36.0. The van der Waals surface area contributed by atoms with E-state index in [0.29, 0.717) is 19.4 Å². The van der Waals surface area contributed by atoms with E-state index in [9.17, 15) is 14.4 Å². The van der Waals surface area contributed by atoms with E-state index in [1.54, 1.807) is 0 Å². The highest BCUT2D eigenvalue weighted by molar-refractivity contribution is 6.01. The summed E-state index contributed by atoms with van der Waals surface area (Å²) < 4.78 is 5.10. The lowest BCUT2D eigenvalue weighted by Gasteiger charge is -2.39. The molecule has 0 aromatic rings. The fourth-order valence-corrected chi connectivity index (χ4v) is 2.07. The molecule has 0 spiro atoms. The minimum absolute atomic E-state index is 0.0287. The third kappa shape index (κ3) is 4.04. The summed E-state index contributed by atoms with van der Waals surface area (Å²) >= 11 is 0. The van der Waals surface area contributed by atoms with Crippen molar-refractivity contribution in [3.8, 4) is 0 Å². The smallest absolute Gasteiger partial charge is 0.305 e. The molecule has 0 N–H and O–H groups in total. The molecule has 5 nitrogen and oxygen atoms in total. The summed E-state index contributed by atoms with van der Waals surface area (Å²) in [5.74, 6) is -0.661. The molecule has 0 radical (unpaired) electrons. The Morgan fingerprint density at radius 1 is 1.32 bits per heavy atom. The van der Waals surface area contributed by atoms with Gasteiger partial charge in [-0.25, -0.2) is 0 Å². The number of carbonyl (C=O) groups is 3. The van der Waals surface area contributed by atoms with Gasteiger partial charge in [-0.3, -0.25) is 19.3 Å². The van der Waals surface area contributed by atoms with Crippen molar-refractivity contribution in [3.63, 3.8) is 0 Å². The van der Waals surface area contributed by atoms with Crippen molar-refractivity contribution in [2.45, 2.75) is 46.5 Å². The van der Waals surface area contributed by atoms with Gasteiger partial charge in [0.2, 0.25) is 11.8 Å². The van der Waals surface area contributed by atoms with Crippen LogP contribution in [0, 0.1) is 11.8 Å². The lowest BCUT2D eigenvalue weighted by molar-refractivity contribution is -0.164. The van der Waals surface area contributed by atoms with Crippen molar-refractivity contribution >= 4 is 17.8 Å². The number of hydrogen-bond donors (Lipinski definition) is 0. The van der Waals surface area contributed by atoms with Crippen LogP contribution in [0.5, 0.6) is 0 Å². The van der Waals surface area contributed by atoms with Crippen LogP contribution in [0.2, 0.25) is 0 Å². The van der Waals surface area contributed by atoms with Gasteiger partial charge in [-0.05, 0) is 12.8 Å². The number of imide groups is 1. The molecular weight excluding hydrogens is 246 g/mol. The molecule has 2 atom stereocenters. The molecule has 1 fully saturated rings. The minimum Gasteiger partial charge on any atom is -0.465 e. The Balaban J connectivity index is 2.33. The molecule has 1 aliphatic rings. The summed E-state index contributed by atoms with van der Waals surface area (Å²) in [6.07, 6.45) is 2.33. The molecule has 5 heteroatoms. The molecule has 2 amide bonds. The first-order chi connectivity index (χ1) is 9.01. The van der Waals surface area contributed by atoms with Gasteiger partial charge in [0.05, 0.1) is 12.5 Å². The third-order valence-corrected chi connectivity index (χ3v) is 3.38. The Kier molecular flexibility index (Phi) is 5.99. The quantitative estimate of drug-likeness (QED) is 0.522. The first-order valence-corrected chi connectivity index (χ1v) is 7.01. The minimum atomic E-state index is -0.222. The molecule has 1 heterocycles. The number of carbonyl (C=O) groups excluding carboxylic acids is 3. The van der Waals surface area contributed by atoms with Crippen LogP contribution in [0.15, 0.2) is 0 Å². The van der Waals surface area contributed by atoms with E-state index < -0.39 is 0 Å². The van der Waals surface area contributed by atoms with Crippen LogP contribution < -0.4 is 0 Å². The SMILES string of the molecule is CCCC(=O)OC[C@@H](C)[C@H]1CN(C(=O)CCC)C1=O. The van der Waals surface area contributed by atoms with Crippen LogP contribution in [-0.2, 0) is 19.1 Å². The Labute approximate surface area is 114 Å². The Morgan fingerprint density at radius 3 is 2.47 bits per heavy atom. The van der Waals surface area contributed by atoms with Crippen molar-refractivity contribution < 1.29 is 19.1 Å². The zero-order chi connectivity index (χ0) is 14.4. The van der Waals surface area contributed by atoms with E-state index in [2.05, 4.69) is 0 Å². The predicted molar refractivity (Wildman–Crippen MR) is 70.1 cm³/mol. The van der Waals surface area contributed by atoms with Crippen LogP contribution in [0.25, 0.3) is 0 Å². The number of esters is 1. The van der Waals surface area contributed by atoms with E-state index in [1.165, 1.54) is 4.90 Å². The number of β-lactam (4-membered cyclic amide) rings is 1. The van der Waals surface area contributed by atoms with Gasteiger partial charge in [0.15, 0.2) is 0 Å². The average Bonchev–Trinajstić information content (AvgIpc) is 2.35. The van der Waals surface area contributed by atoms with E-state index in [4.69, 9.17) is 4.74 Å². The largest absolute Gasteiger partial charge is 0.465 e. The summed E-state index contributed by atoms with van der Waals surface area (Å²) in [6.45, 7) is 6.42. The Bertz CT molecular complexity index is 353. The molecule has 1 rings (SSSR count). The monoisotopic (exact) mass is 269 g/mol. The molecule has 1 saturated heterocycles. The van der Waals surface area contributed by atoms with Gasteiger partial charge in [0.1, 0.15) is 0 Å². The van der Waals surface area contributed by atoms with Crippen molar-refractivity contribution in [2.75, 3.05) is 13.2 Å². The van der Waals surface area contributed by atoms with Gasteiger partial charge in [-0.1, -0.05) is 20.8 Å². The van der Waals surface area contributed by atoms with Gasteiger partial charge in [0.25, 0.3) is 0 Å². The first kappa shape index (κ1) is 15.7. The van der Waals surface area contributed by atoms with Gasteiger partial charge in [-0.15, -0.1) is 0 Å². The van der Waals surface area contributed by atoms with Crippen molar-refractivity contribution in [3.05, 3.63) is 0 Å². The lowest BCUT2D eigenvalue weighted by Crippen LogP contribution is -2.57. The highest BCUT2D eigenvalue weighted by atomic mass is 16.5. The highest BCUT2D eigenvalue weighted by Gasteiger charge is 2.43. The summed E-state index contributed by atoms with van der Waals surface area (Å²) in [6, 6.07) is 0. The predicted octanol–water partition coefficient (Wildman–Crippen LogP) is 1.75. The van der Waals surface area contributed by atoms with Gasteiger partial charge >= 0.3 is 5.97 Å². The van der Waals surface area contributed by atoms with Crippen LogP contribution >= 0.6 is 0 Å². The lowest BCUT2D eigenvalue weighted by atomic mass is 9.86. The molecule has 0 aliphatic carbocycles. The molecule has 1 aliphatic heterocycles. The second-order valence-electron chi connectivity index (χ2n) is 5.11. The van der Waals surface area contributed by atoms with Crippen LogP contribution in [0.3, 0.4) is 0 Å². The van der Waals surface area contributed by atoms with Gasteiger partial charge in [0, 0.05) is 25.3 Å². The second kappa shape index (κ2) is 7.26. The highest BCUT2D eigenvalue weighted by Crippen LogP contribution is 2.26. The fraction of sp³-hybridized carbons (Fsp3) is 0.786. The Morgan fingerprint density at radius 2 is 1.95 bits per heavy atom. The van der Waals surface area contributed by atoms with Crippen LogP contribution in [0.1, 0.15) is 46.5 Å². The standard InChI is InChI=1S/C14H23NO4/c1-4-6-12(16)15-8-11(14(15)18)10(3)9-19-13(17)7-5-2/h10-11H,4-9H2,1-3H3/t10-,11-/m1/s1. The van der Waals surface area contributed by atoms with E-state index in [-0.39, 0.29) is 36.2 Å². The van der Waals surface area contributed by atoms with Gasteiger partial charge in [-0.2, -0.15) is 0 Å². The normalized spacial score (nSPS) is 19.8. The topological polar surface area (TPSA) is 63.7 Å². The number of nitrogens with zero attached hydrogens (tertiary/aromatic N) is 1. The summed E-state index contributed by atoms with van der Waals surface area (Å²) in [7, 11) is 0. The zero-order valence-corrected chi connectivity index (χ0v) is 12.0. The zero-order valence-electron chi connectivity index (χ0n) is 12.0. The Hall–Kier alpha value is -1.39. The maximum absolute atomic E-state index is 11.9. The molecule has 0 unspecified atom stereocenters. The first-order valence-electron chi connectivity index (χ1n) is 7.01. The number of hydrogen-bond acceptors (Lipinski definition) is 4. The van der Waals surface area contributed by atoms with Crippen molar-refractivity contribution in [1.82, 2.24) is 4.90 Å². The molecule has 0 saturated carbocycles. The molecule has 0 aromatic heterocycles. The van der Waals surface area contributed by atoms with Crippen LogP contribution in [0.4, 0.5) is 0 Å². The number of ether oxygens (including phenoxy) is 1. The average molecular weight is 269 g/mol. The van der Waals surface area contributed by atoms with E-state index in [1.807, 2.05) is 20.8 Å². The maximum Gasteiger partial charge on any atom is 0.305 e. The third-order valence-electron chi connectivity index (χ3n) is 3.38. The summed E-state index contributed by atoms with van der Waals surface area (Å²) in [5, 5.41) is 0. The molecule has 19 heavy (non-hydrogen) atoms. The number of likely N-dealkylation sites (tertiary alicyclic amines) is 1. The van der Waals surface area contributed by atoms with Gasteiger partial charge < -0.3 is 4.74 Å².